The van der Waals surface area contributed by atoms with E-state index in [0.29, 0.717) is 0 Å². The summed E-state index contributed by atoms with van der Waals surface area (Å²) >= 11 is 0. The molecular formula is C14H13NO. The molecule has 0 N–H and O–H groups in total. The van der Waals surface area contributed by atoms with Gasteiger partial charge in [0.2, 0.25) is 0 Å². The van der Waals surface area contributed by atoms with Crippen molar-refractivity contribution in [3.63, 3.8) is 0 Å². The molecule has 2 aromatic carbocycles. The van der Waals surface area contributed by atoms with Crippen molar-refractivity contribution in [2.75, 3.05) is 7.11 Å². The second-order valence-electron chi connectivity index (χ2n) is 3.93. The van der Waals surface area contributed by atoms with Crippen molar-refractivity contribution in [3.05, 3.63) is 42.5 Å². The van der Waals surface area contributed by atoms with Crippen LogP contribution in [0.2, 0.25) is 0 Å². The normalized spacial score (nSPS) is 11.1. The number of benzene rings is 2. The Balaban J connectivity index is 2.62. The number of hydrogen-bond acceptors (Lipinski definition) is 1. The van der Waals surface area contributed by atoms with Crippen LogP contribution in [0.1, 0.15) is 0 Å². The van der Waals surface area contributed by atoms with E-state index in [1.165, 1.54) is 21.8 Å². The molecule has 80 valence electrons. The molecule has 0 amide bonds. The molecule has 0 fully saturated rings. The Kier molecular flexibility index (Phi) is 1.90. The Labute approximate surface area is 94.1 Å². The topological polar surface area (TPSA) is 14.2 Å². The number of rotatable bonds is 1. The summed E-state index contributed by atoms with van der Waals surface area (Å²) in [6.45, 7) is 0. The van der Waals surface area contributed by atoms with Gasteiger partial charge in [0, 0.05) is 23.3 Å². The van der Waals surface area contributed by atoms with Crippen molar-refractivity contribution < 1.29 is 4.74 Å². The van der Waals surface area contributed by atoms with Crippen LogP contribution >= 0.6 is 0 Å². The third-order valence-electron chi connectivity index (χ3n) is 3.12. The number of para-hydroxylation sites is 1. The van der Waals surface area contributed by atoms with E-state index >= 15 is 0 Å². The first-order valence-corrected chi connectivity index (χ1v) is 5.33. The van der Waals surface area contributed by atoms with E-state index in [0.717, 1.165) is 5.75 Å². The van der Waals surface area contributed by atoms with Crippen LogP contribution in [0.5, 0.6) is 5.75 Å². The smallest absolute Gasteiger partial charge is 0.128 e. The maximum Gasteiger partial charge on any atom is 0.128 e. The Bertz CT molecular complexity index is 667. The average Bonchev–Trinajstić information content (AvgIpc) is 2.64. The van der Waals surface area contributed by atoms with Gasteiger partial charge >= 0.3 is 0 Å². The Morgan fingerprint density at radius 3 is 2.50 bits per heavy atom. The average molecular weight is 211 g/mol. The molecular weight excluding hydrogens is 198 g/mol. The third kappa shape index (κ3) is 1.07. The number of nitrogens with zero attached hydrogens (tertiary/aromatic N) is 1. The monoisotopic (exact) mass is 211 g/mol. The summed E-state index contributed by atoms with van der Waals surface area (Å²) in [7, 11) is 3.81. The summed E-state index contributed by atoms with van der Waals surface area (Å²) in [6.07, 6.45) is 0. The van der Waals surface area contributed by atoms with Crippen LogP contribution in [0, 0.1) is 0 Å². The van der Waals surface area contributed by atoms with Gasteiger partial charge < -0.3 is 9.30 Å². The number of hydrogen-bond donors (Lipinski definition) is 0. The van der Waals surface area contributed by atoms with Crippen LogP contribution in [0.25, 0.3) is 21.8 Å². The zero-order valence-electron chi connectivity index (χ0n) is 9.40. The maximum atomic E-state index is 5.44. The zero-order chi connectivity index (χ0) is 11.1. The van der Waals surface area contributed by atoms with Crippen LogP contribution in [-0.2, 0) is 7.05 Å². The lowest BCUT2D eigenvalue weighted by Crippen LogP contribution is -1.87. The molecule has 0 aliphatic carbocycles. The molecule has 1 heterocycles. The van der Waals surface area contributed by atoms with Crippen LogP contribution in [0.3, 0.4) is 0 Å². The van der Waals surface area contributed by atoms with Gasteiger partial charge in [-0.2, -0.15) is 0 Å². The molecule has 0 saturated heterocycles. The highest BCUT2D eigenvalue weighted by atomic mass is 16.5. The molecule has 0 spiro atoms. The van der Waals surface area contributed by atoms with Gasteiger partial charge in [-0.15, -0.1) is 0 Å². The number of methoxy groups -OCH3 is 1. The number of fused-ring (bicyclic) bond motifs is 3. The van der Waals surface area contributed by atoms with Gasteiger partial charge in [0.1, 0.15) is 5.75 Å². The number of aryl methyl sites for hydroxylation is 1. The lowest BCUT2D eigenvalue weighted by molar-refractivity contribution is 0.420. The summed E-state index contributed by atoms with van der Waals surface area (Å²) in [5, 5.41) is 2.44. The molecule has 2 nitrogen and oxygen atoms in total. The third-order valence-corrected chi connectivity index (χ3v) is 3.12. The molecule has 0 bridgehead atoms. The largest absolute Gasteiger partial charge is 0.496 e. The lowest BCUT2D eigenvalue weighted by atomic mass is 10.1. The fraction of sp³-hybridized carbons (Fsp3) is 0.143. The second kappa shape index (κ2) is 3.27. The molecule has 3 rings (SSSR count). The van der Waals surface area contributed by atoms with Crippen LogP contribution in [-0.4, -0.2) is 11.7 Å². The van der Waals surface area contributed by atoms with E-state index in [4.69, 9.17) is 4.74 Å². The molecule has 2 heteroatoms. The molecule has 0 unspecified atom stereocenters. The molecule has 0 aliphatic heterocycles. The lowest BCUT2D eigenvalue weighted by Gasteiger charge is -2.02. The van der Waals surface area contributed by atoms with E-state index in [9.17, 15) is 0 Å². The highest BCUT2D eigenvalue weighted by Gasteiger charge is 2.10. The number of ether oxygens (including phenoxy) is 1. The first-order chi connectivity index (χ1) is 7.83. The minimum absolute atomic E-state index is 0.939. The predicted molar refractivity (Wildman–Crippen MR) is 67.0 cm³/mol. The highest BCUT2D eigenvalue weighted by molar-refractivity contribution is 6.11. The summed E-state index contributed by atoms with van der Waals surface area (Å²) in [5.74, 6) is 0.939. The van der Waals surface area contributed by atoms with Crippen LogP contribution < -0.4 is 4.74 Å². The SMILES string of the molecule is COc1cccc2c1c1ccccc1n2C. The molecule has 0 atom stereocenters. The fourth-order valence-electron chi connectivity index (χ4n) is 2.35. The zero-order valence-corrected chi connectivity index (χ0v) is 9.40. The van der Waals surface area contributed by atoms with E-state index in [1.807, 2.05) is 12.1 Å². The molecule has 16 heavy (non-hydrogen) atoms. The van der Waals surface area contributed by atoms with Gasteiger partial charge in [-0.05, 0) is 18.2 Å². The summed E-state index contributed by atoms with van der Waals surface area (Å²) < 4.78 is 7.64. The van der Waals surface area contributed by atoms with Gasteiger partial charge in [0.15, 0.2) is 0 Å². The first kappa shape index (κ1) is 9.28. The van der Waals surface area contributed by atoms with Crippen molar-refractivity contribution in [2.24, 2.45) is 7.05 Å². The van der Waals surface area contributed by atoms with E-state index in [-0.39, 0.29) is 0 Å². The summed E-state index contributed by atoms with van der Waals surface area (Å²) in [6, 6.07) is 14.6. The maximum absolute atomic E-state index is 5.44. The number of aromatic nitrogens is 1. The fourth-order valence-corrected chi connectivity index (χ4v) is 2.35. The van der Waals surface area contributed by atoms with Crippen LogP contribution in [0.4, 0.5) is 0 Å². The standard InChI is InChI=1S/C14H13NO/c1-15-11-7-4-3-6-10(11)14-12(15)8-5-9-13(14)16-2/h3-9H,1-2H3. The van der Waals surface area contributed by atoms with E-state index in [1.54, 1.807) is 7.11 Å². The first-order valence-electron chi connectivity index (χ1n) is 5.33. The van der Waals surface area contributed by atoms with Crippen molar-refractivity contribution in [1.29, 1.82) is 0 Å². The van der Waals surface area contributed by atoms with Crippen LogP contribution in [0.15, 0.2) is 42.5 Å². The molecule has 0 aliphatic rings. The minimum atomic E-state index is 0.939. The van der Waals surface area contributed by atoms with Crippen molar-refractivity contribution in [2.45, 2.75) is 0 Å². The van der Waals surface area contributed by atoms with Gasteiger partial charge in [-0.25, -0.2) is 0 Å². The minimum Gasteiger partial charge on any atom is -0.496 e. The summed E-state index contributed by atoms with van der Waals surface area (Å²) in [5.41, 5.74) is 2.45. The molecule has 1 aromatic heterocycles. The van der Waals surface area contributed by atoms with Crippen molar-refractivity contribution >= 4 is 21.8 Å². The second-order valence-corrected chi connectivity index (χ2v) is 3.93. The predicted octanol–water partition coefficient (Wildman–Crippen LogP) is 3.34. The van der Waals surface area contributed by atoms with Gasteiger partial charge in [-0.1, -0.05) is 24.3 Å². The van der Waals surface area contributed by atoms with E-state index in [2.05, 4.69) is 41.9 Å². The Hall–Kier alpha value is -1.96. The Morgan fingerprint density at radius 1 is 0.938 bits per heavy atom. The highest BCUT2D eigenvalue weighted by Crippen LogP contribution is 2.34. The van der Waals surface area contributed by atoms with Crippen molar-refractivity contribution in [3.8, 4) is 5.75 Å². The Morgan fingerprint density at radius 2 is 1.69 bits per heavy atom. The van der Waals surface area contributed by atoms with Gasteiger partial charge in [0.05, 0.1) is 12.6 Å². The molecule has 0 radical (unpaired) electrons. The quantitative estimate of drug-likeness (QED) is 0.602. The van der Waals surface area contributed by atoms with E-state index < -0.39 is 0 Å². The molecule has 0 saturated carbocycles. The van der Waals surface area contributed by atoms with Gasteiger partial charge in [0.25, 0.3) is 0 Å². The van der Waals surface area contributed by atoms with Gasteiger partial charge in [-0.3, -0.25) is 0 Å². The summed E-state index contributed by atoms with van der Waals surface area (Å²) in [4.78, 5) is 0. The van der Waals surface area contributed by atoms with Crippen molar-refractivity contribution in [1.82, 2.24) is 4.57 Å². The molecule has 3 aromatic rings.